The van der Waals surface area contributed by atoms with Crippen LogP contribution in [0.1, 0.15) is 0 Å². The minimum absolute atomic E-state index is 0.164. The Bertz CT molecular complexity index is 441. The number of methoxy groups -OCH3 is 2. The van der Waals surface area contributed by atoms with Crippen molar-refractivity contribution in [1.82, 2.24) is 0 Å². The number of carbonyl (C=O) groups is 1. The lowest BCUT2D eigenvalue weighted by Gasteiger charge is -2.14. The molecule has 3 N–H and O–H groups in total. The zero-order chi connectivity index (χ0) is 13.7. The predicted molar refractivity (Wildman–Crippen MR) is 76.9 cm³/mol. The van der Waals surface area contributed by atoms with E-state index >= 15 is 0 Å². The maximum atomic E-state index is 11.7. The standard InChI is InChI=1S/C11H14Br2N2O3/c1-17-5-8(14)11(16)15-9-4-10(18-2)7(13)3-6(9)12/h3-4,8H,5,14H2,1-2H3,(H,15,16). The number of nitrogens with two attached hydrogens (primary N) is 1. The quantitative estimate of drug-likeness (QED) is 0.819. The zero-order valence-corrected chi connectivity index (χ0v) is 13.2. The summed E-state index contributed by atoms with van der Waals surface area (Å²) in [5, 5.41) is 2.71. The highest BCUT2D eigenvalue weighted by atomic mass is 79.9. The number of hydrogen-bond acceptors (Lipinski definition) is 4. The van der Waals surface area contributed by atoms with Crippen LogP contribution in [0.2, 0.25) is 0 Å². The molecule has 0 fully saturated rings. The van der Waals surface area contributed by atoms with Gasteiger partial charge in [0.1, 0.15) is 11.8 Å². The van der Waals surface area contributed by atoms with Crippen LogP contribution < -0.4 is 15.8 Å². The van der Waals surface area contributed by atoms with E-state index in [4.69, 9.17) is 15.2 Å². The Morgan fingerprint density at radius 1 is 1.39 bits per heavy atom. The topological polar surface area (TPSA) is 73.6 Å². The molecule has 0 aromatic heterocycles. The first-order valence-electron chi connectivity index (χ1n) is 5.08. The summed E-state index contributed by atoms with van der Waals surface area (Å²) in [5.41, 5.74) is 6.22. The smallest absolute Gasteiger partial charge is 0.243 e. The summed E-state index contributed by atoms with van der Waals surface area (Å²) in [4.78, 5) is 11.7. The summed E-state index contributed by atoms with van der Waals surface area (Å²) in [5.74, 6) is 0.302. The normalized spacial score (nSPS) is 12.1. The molecule has 0 spiro atoms. The summed E-state index contributed by atoms with van der Waals surface area (Å²) in [6, 6.07) is 2.78. The molecule has 0 saturated heterocycles. The molecule has 7 heteroatoms. The molecule has 0 saturated carbocycles. The van der Waals surface area contributed by atoms with Gasteiger partial charge in [-0.3, -0.25) is 4.79 Å². The number of ether oxygens (including phenoxy) is 2. The molecule has 18 heavy (non-hydrogen) atoms. The number of hydrogen-bond donors (Lipinski definition) is 2. The van der Waals surface area contributed by atoms with Crippen LogP contribution in [0, 0.1) is 0 Å². The van der Waals surface area contributed by atoms with Crippen molar-refractivity contribution in [2.45, 2.75) is 6.04 Å². The Balaban J connectivity index is 2.87. The minimum atomic E-state index is -0.712. The van der Waals surface area contributed by atoms with Gasteiger partial charge in [0.25, 0.3) is 0 Å². The molecule has 0 aliphatic rings. The van der Waals surface area contributed by atoms with E-state index in [0.29, 0.717) is 11.4 Å². The first kappa shape index (κ1) is 15.4. The molecule has 1 aromatic rings. The fourth-order valence-corrected chi connectivity index (χ4v) is 2.52. The monoisotopic (exact) mass is 380 g/mol. The number of nitrogens with one attached hydrogen (secondary N) is 1. The van der Waals surface area contributed by atoms with E-state index in [-0.39, 0.29) is 12.5 Å². The lowest BCUT2D eigenvalue weighted by Crippen LogP contribution is -2.39. The predicted octanol–water partition coefficient (Wildman–Crippen LogP) is 2.13. The van der Waals surface area contributed by atoms with Gasteiger partial charge in [-0.25, -0.2) is 0 Å². The van der Waals surface area contributed by atoms with Crippen molar-refractivity contribution in [3.05, 3.63) is 21.1 Å². The van der Waals surface area contributed by atoms with Crippen molar-refractivity contribution in [3.63, 3.8) is 0 Å². The number of halogens is 2. The van der Waals surface area contributed by atoms with Gasteiger partial charge >= 0.3 is 0 Å². The van der Waals surface area contributed by atoms with Crippen LogP contribution in [-0.4, -0.2) is 32.8 Å². The summed E-state index contributed by atoms with van der Waals surface area (Å²) >= 11 is 6.70. The van der Waals surface area contributed by atoms with Crippen LogP contribution in [0.5, 0.6) is 5.75 Å². The highest BCUT2D eigenvalue weighted by Crippen LogP contribution is 2.34. The average Bonchev–Trinajstić information content (AvgIpc) is 2.32. The second-order valence-corrected chi connectivity index (χ2v) is 5.23. The third-order valence-corrected chi connectivity index (χ3v) is 3.46. The van der Waals surface area contributed by atoms with Gasteiger partial charge in [0.2, 0.25) is 5.91 Å². The van der Waals surface area contributed by atoms with Gasteiger partial charge in [-0.1, -0.05) is 0 Å². The Kier molecular flexibility index (Phi) is 6.07. The zero-order valence-electron chi connectivity index (χ0n) is 10.00. The Morgan fingerprint density at radius 3 is 2.61 bits per heavy atom. The fourth-order valence-electron chi connectivity index (χ4n) is 1.26. The van der Waals surface area contributed by atoms with Crippen molar-refractivity contribution >= 4 is 43.5 Å². The van der Waals surface area contributed by atoms with E-state index in [1.807, 2.05) is 0 Å². The van der Waals surface area contributed by atoms with Crippen molar-refractivity contribution in [2.24, 2.45) is 5.73 Å². The summed E-state index contributed by atoms with van der Waals surface area (Å²) in [6.07, 6.45) is 0. The Morgan fingerprint density at radius 2 is 2.06 bits per heavy atom. The largest absolute Gasteiger partial charge is 0.495 e. The highest BCUT2D eigenvalue weighted by Gasteiger charge is 2.15. The molecular formula is C11H14Br2N2O3. The minimum Gasteiger partial charge on any atom is -0.495 e. The summed E-state index contributed by atoms with van der Waals surface area (Å²) < 4.78 is 11.5. The van der Waals surface area contributed by atoms with Gasteiger partial charge < -0.3 is 20.5 Å². The molecular weight excluding hydrogens is 368 g/mol. The van der Waals surface area contributed by atoms with Gasteiger partial charge in [-0.15, -0.1) is 0 Å². The number of carbonyl (C=O) groups excluding carboxylic acids is 1. The summed E-state index contributed by atoms with van der Waals surface area (Å²) in [7, 11) is 3.04. The lowest BCUT2D eigenvalue weighted by molar-refractivity contribution is -0.118. The molecule has 1 amide bonds. The van der Waals surface area contributed by atoms with E-state index in [1.165, 1.54) is 7.11 Å². The maximum absolute atomic E-state index is 11.7. The van der Waals surface area contributed by atoms with E-state index in [0.717, 1.165) is 8.95 Å². The molecule has 0 aliphatic carbocycles. The van der Waals surface area contributed by atoms with E-state index in [2.05, 4.69) is 37.2 Å². The number of amides is 1. The molecule has 5 nitrogen and oxygen atoms in total. The van der Waals surface area contributed by atoms with E-state index < -0.39 is 6.04 Å². The third kappa shape index (κ3) is 3.94. The molecule has 1 aromatic carbocycles. The molecule has 1 atom stereocenters. The second kappa shape index (κ2) is 7.08. The number of rotatable bonds is 5. The lowest BCUT2D eigenvalue weighted by atomic mass is 10.2. The first-order valence-corrected chi connectivity index (χ1v) is 6.66. The molecule has 0 heterocycles. The summed E-state index contributed by atoms with van der Waals surface area (Å²) in [6.45, 7) is 0.164. The first-order chi connectivity index (χ1) is 8.49. The maximum Gasteiger partial charge on any atom is 0.243 e. The average molecular weight is 382 g/mol. The molecule has 0 radical (unpaired) electrons. The number of benzene rings is 1. The van der Waals surface area contributed by atoms with Gasteiger partial charge in [0.15, 0.2) is 0 Å². The van der Waals surface area contributed by atoms with Crippen molar-refractivity contribution < 1.29 is 14.3 Å². The SMILES string of the molecule is COCC(N)C(=O)Nc1cc(OC)c(Br)cc1Br. The third-order valence-electron chi connectivity index (χ3n) is 2.18. The fraction of sp³-hybridized carbons (Fsp3) is 0.364. The van der Waals surface area contributed by atoms with Crippen LogP contribution >= 0.6 is 31.9 Å². The van der Waals surface area contributed by atoms with E-state index in [9.17, 15) is 4.79 Å². The van der Waals surface area contributed by atoms with Crippen LogP contribution in [0.25, 0.3) is 0 Å². The van der Waals surface area contributed by atoms with Gasteiger partial charge in [-0.05, 0) is 37.9 Å². The van der Waals surface area contributed by atoms with E-state index in [1.54, 1.807) is 19.2 Å². The number of anilines is 1. The Hall–Kier alpha value is -0.630. The van der Waals surface area contributed by atoms with Crippen LogP contribution in [0.3, 0.4) is 0 Å². The van der Waals surface area contributed by atoms with Crippen LogP contribution in [0.15, 0.2) is 21.1 Å². The van der Waals surface area contributed by atoms with Crippen molar-refractivity contribution in [2.75, 3.05) is 26.1 Å². The van der Waals surface area contributed by atoms with Gasteiger partial charge in [0.05, 0.1) is 23.9 Å². The molecule has 1 rings (SSSR count). The van der Waals surface area contributed by atoms with Gasteiger partial charge in [-0.2, -0.15) is 0 Å². The van der Waals surface area contributed by atoms with Gasteiger partial charge in [0, 0.05) is 17.6 Å². The molecule has 0 bridgehead atoms. The molecule has 0 aliphatic heterocycles. The molecule has 100 valence electrons. The highest BCUT2D eigenvalue weighted by molar-refractivity contribution is 9.11. The molecule has 1 unspecified atom stereocenters. The van der Waals surface area contributed by atoms with Crippen molar-refractivity contribution in [1.29, 1.82) is 0 Å². The van der Waals surface area contributed by atoms with Crippen molar-refractivity contribution in [3.8, 4) is 5.75 Å². The second-order valence-electron chi connectivity index (χ2n) is 3.52. The van der Waals surface area contributed by atoms with Crippen LogP contribution in [0.4, 0.5) is 5.69 Å². The van der Waals surface area contributed by atoms with Crippen LogP contribution in [-0.2, 0) is 9.53 Å². The Labute approximate surface area is 122 Å².